The van der Waals surface area contributed by atoms with Gasteiger partial charge in [-0.3, -0.25) is 20.2 Å². The smallest absolute Gasteiger partial charge is 0.493 e. The number of nitrogens with zero attached hydrogens (tertiary/aromatic N) is 2. The molecule has 22 heteroatoms. The van der Waals surface area contributed by atoms with E-state index in [9.17, 15) is 39.4 Å². The van der Waals surface area contributed by atoms with Gasteiger partial charge in [0, 0.05) is 28.6 Å². The second-order valence-electron chi connectivity index (χ2n) is 13.8. The first-order valence-electron chi connectivity index (χ1n) is 18.9. The van der Waals surface area contributed by atoms with Crippen LogP contribution in [0.5, 0.6) is 28.7 Å². The first-order valence-corrected chi connectivity index (χ1v) is 18.9. The number of hydrogen-bond acceptors (Lipinski definition) is 20. The fraction of sp³-hybridized carbons (Fsp3) is 0.286. The Morgan fingerprint density at radius 3 is 1.98 bits per heavy atom. The first-order chi connectivity index (χ1) is 30.8. The van der Waals surface area contributed by atoms with Crippen LogP contribution in [0.4, 0.5) is 21.0 Å². The minimum absolute atomic E-state index is 0.0228. The van der Waals surface area contributed by atoms with Crippen molar-refractivity contribution in [3.8, 4) is 39.9 Å². The van der Waals surface area contributed by atoms with Gasteiger partial charge in [0.05, 0.1) is 41.3 Å². The van der Waals surface area contributed by atoms with Crippen molar-refractivity contribution in [3.63, 3.8) is 0 Å². The van der Waals surface area contributed by atoms with Gasteiger partial charge in [-0.25, -0.2) is 19.2 Å². The van der Waals surface area contributed by atoms with E-state index in [1.807, 2.05) is 0 Å². The van der Waals surface area contributed by atoms with Crippen LogP contribution >= 0.6 is 0 Å². The number of fused-ring (bicyclic) bond motifs is 3. The molecule has 334 valence electrons. The van der Waals surface area contributed by atoms with E-state index in [1.165, 1.54) is 33.3 Å². The molecular weight excluding hydrogens is 852 g/mol. The van der Waals surface area contributed by atoms with Crippen LogP contribution in [0.2, 0.25) is 0 Å². The van der Waals surface area contributed by atoms with Crippen molar-refractivity contribution in [2.45, 2.75) is 44.2 Å². The topological polar surface area (TPSA) is 265 Å². The standard InChI is InChI=1S/C42H36N2O20/c1-6-10-55-41(47)63-34-20(3)60-40(37(64-42(48)56-11-7-2)36(34)61-38(45)22-12-23(43(49)50)15-24(13-22)44(51)52)62-35-26-17-30(54-5)29(53-4)16-25(26)32(33-27(35)18-57-39(33)46)21-8-9-28-31(14-21)59-19-58-28/h6-9,12-17,20,34,36-37,40H,1-2,10-11,18-19H2,3-5H3/t20-,34-,36+,37-,40?/m1/s1. The molecule has 3 aliphatic heterocycles. The highest BCUT2D eigenvalue weighted by atomic mass is 16.8. The SMILES string of the molecule is C=CCOC(=O)O[C@H]1[C@H](OC(=O)c2cc([N+](=O)[O-])cc([N+](=O)[O-])c2)[C@@H](OC(=O)OCC=C)C(Oc2c3c(c(-c4ccc5c(c4)OCO5)c4cc(OC)c(OC)cc24)C(=O)OC3)O[C@@H]1C. The van der Waals surface area contributed by atoms with Crippen molar-refractivity contribution in [1.29, 1.82) is 0 Å². The molecule has 1 saturated heterocycles. The lowest BCUT2D eigenvalue weighted by atomic mass is 9.89. The predicted octanol–water partition coefficient (Wildman–Crippen LogP) is 6.50. The maximum atomic E-state index is 14.0. The van der Waals surface area contributed by atoms with Crippen LogP contribution in [-0.4, -0.2) is 99.0 Å². The van der Waals surface area contributed by atoms with Crippen LogP contribution in [0, 0.1) is 20.2 Å². The number of carbonyl (C=O) groups excluding carboxylic acids is 4. The van der Waals surface area contributed by atoms with Gasteiger partial charge in [0.1, 0.15) is 31.7 Å². The van der Waals surface area contributed by atoms with Gasteiger partial charge in [-0.15, -0.1) is 0 Å². The molecule has 0 amide bonds. The molecule has 22 nitrogen and oxygen atoms in total. The molecule has 5 atom stereocenters. The second kappa shape index (κ2) is 18.5. The van der Waals surface area contributed by atoms with Crippen molar-refractivity contribution in [2.24, 2.45) is 0 Å². The minimum atomic E-state index is -1.97. The highest BCUT2D eigenvalue weighted by molar-refractivity contribution is 6.14. The van der Waals surface area contributed by atoms with Crippen molar-refractivity contribution in [1.82, 2.24) is 0 Å². The van der Waals surface area contributed by atoms with Crippen molar-refractivity contribution >= 4 is 46.4 Å². The predicted molar refractivity (Wildman–Crippen MR) is 214 cm³/mol. The van der Waals surface area contributed by atoms with Gasteiger partial charge in [-0.1, -0.05) is 31.4 Å². The molecular formula is C42H36N2O20. The summed E-state index contributed by atoms with van der Waals surface area (Å²) in [5, 5.41) is 24.1. The summed E-state index contributed by atoms with van der Waals surface area (Å²) in [5.74, 6) is -0.902. The fourth-order valence-electron chi connectivity index (χ4n) is 7.16. The number of hydrogen-bond donors (Lipinski definition) is 0. The van der Waals surface area contributed by atoms with Gasteiger partial charge in [0.15, 0.2) is 35.2 Å². The number of carbonyl (C=O) groups is 4. The lowest BCUT2D eigenvalue weighted by molar-refractivity contribution is -0.394. The zero-order valence-corrected chi connectivity index (χ0v) is 34.0. The van der Waals surface area contributed by atoms with Gasteiger partial charge >= 0.3 is 24.2 Å². The lowest BCUT2D eigenvalue weighted by Gasteiger charge is -2.43. The van der Waals surface area contributed by atoms with Crippen LogP contribution in [-0.2, 0) is 39.8 Å². The Balaban J connectivity index is 1.40. The number of esters is 2. The van der Waals surface area contributed by atoms with E-state index in [0.717, 1.165) is 0 Å². The molecule has 0 radical (unpaired) electrons. The van der Waals surface area contributed by atoms with Crippen LogP contribution in [0.3, 0.4) is 0 Å². The summed E-state index contributed by atoms with van der Waals surface area (Å²) < 4.78 is 68.0. The van der Waals surface area contributed by atoms with Crippen LogP contribution in [0.1, 0.15) is 33.2 Å². The Hall–Kier alpha value is -8.14. The summed E-state index contributed by atoms with van der Waals surface area (Å²) in [6.07, 6.45) is -9.07. The summed E-state index contributed by atoms with van der Waals surface area (Å²) in [6, 6.07) is 10.3. The van der Waals surface area contributed by atoms with Gasteiger partial charge < -0.3 is 56.8 Å². The molecule has 1 unspecified atom stereocenters. The number of benzene rings is 4. The second-order valence-corrected chi connectivity index (χ2v) is 13.8. The molecule has 3 aliphatic rings. The van der Waals surface area contributed by atoms with Crippen LogP contribution < -0.4 is 23.7 Å². The van der Waals surface area contributed by atoms with Crippen molar-refractivity contribution in [3.05, 3.63) is 111 Å². The molecule has 0 aliphatic carbocycles. The van der Waals surface area contributed by atoms with E-state index in [-0.39, 0.29) is 60.4 Å². The number of nitro benzene ring substituents is 2. The molecule has 0 spiro atoms. The number of rotatable bonds is 15. The molecule has 4 aromatic rings. The number of cyclic esters (lactones) is 1. The summed E-state index contributed by atoms with van der Waals surface area (Å²) in [4.78, 5) is 75.5. The Kier molecular flexibility index (Phi) is 12.7. The van der Waals surface area contributed by atoms with E-state index in [4.69, 9.17) is 56.8 Å². The molecule has 0 bridgehead atoms. The number of nitro groups is 2. The Bertz CT molecular complexity index is 2560. The third kappa shape index (κ3) is 8.66. The fourth-order valence-corrected chi connectivity index (χ4v) is 7.16. The molecule has 0 N–H and O–H groups in total. The van der Waals surface area contributed by atoms with Crippen LogP contribution in [0.25, 0.3) is 21.9 Å². The molecule has 4 aromatic carbocycles. The number of ether oxygens (including phenoxy) is 12. The third-order valence-corrected chi connectivity index (χ3v) is 9.94. The van der Waals surface area contributed by atoms with E-state index >= 15 is 0 Å². The van der Waals surface area contributed by atoms with E-state index in [0.29, 0.717) is 46.2 Å². The van der Waals surface area contributed by atoms with Crippen LogP contribution in [0.15, 0.2) is 73.8 Å². The largest absolute Gasteiger partial charge is 0.509 e. The number of methoxy groups -OCH3 is 2. The molecule has 1 fully saturated rings. The summed E-state index contributed by atoms with van der Waals surface area (Å²) in [7, 11) is 2.80. The van der Waals surface area contributed by atoms with Crippen molar-refractivity contribution < 1.29 is 85.9 Å². The average Bonchev–Trinajstić information content (AvgIpc) is 3.92. The zero-order valence-electron chi connectivity index (χ0n) is 34.0. The molecule has 7 rings (SSSR count). The maximum absolute atomic E-state index is 14.0. The Labute approximate surface area is 360 Å². The monoisotopic (exact) mass is 888 g/mol. The Morgan fingerprint density at radius 2 is 1.38 bits per heavy atom. The normalized spacial score (nSPS) is 19.3. The highest BCUT2D eigenvalue weighted by Gasteiger charge is 2.53. The van der Waals surface area contributed by atoms with Gasteiger partial charge in [-0.05, 0) is 42.1 Å². The minimum Gasteiger partial charge on any atom is -0.493 e. The van der Waals surface area contributed by atoms with Gasteiger partial charge in [0.2, 0.25) is 19.2 Å². The van der Waals surface area contributed by atoms with E-state index in [2.05, 4.69) is 13.2 Å². The number of non-ortho nitro benzene ring substituents is 2. The molecule has 0 aromatic heterocycles. The third-order valence-electron chi connectivity index (χ3n) is 9.94. The first kappa shape index (κ1) is 43.9. The average molecular weight is 889 g/mol. The van der Waals surface area contributed by atoms with E-state index in [1.54, 1.807) is 30.3 Å². The maximum Gasteiger partial charge on any atom is 0.509 e. The molecule has 0 saturated carbocycles. The molecule has 3 heterocycles. The molecule has 64 heavy (non-hydrogen) atoms. The van der Waals surface area contributed by atoms with Crippen molar-refractivity contribution in [2.75, 3.05) is 34.2 Å². The van der Waals surface area contributed by atoms with Gasteiger partial charge in [0.25, 0.3) is 11.4 Å². The lowest BCUT2D eigenvalue weighted by Crippen LogP contribution is -2.62. The zero-order chi connectivity index (χ0) is 45.8. The highest BCUT2D eigenvalue weighted by Crippen LogP contribution is 2.50. The summed E-state index contributed by atoms with van der Waals surface area (Å²) >= 11 is 0. The summed E-state index contributed by atoms with van der Waals surface area (Å²) in [5.41, 5.74) is -1.22. The summed E-state index contributed by atoms with van der Waals surface area (Å²) in [6.45, 7) is 7.29. The van der Waals surface area contributed by atoms with Gasteiger partial charge in [-0.2, -0.15) is 0 Å². The quantitative estimate of drug-likeness (QED) is 0.0405. The van der Waals surface area contributed by atoms with E-state index < -0.39 is 81.7 Å². The Morgan fingerprint density at radius 1 is 0.766 bits per heavy atom.